The highest BCUT2D eigenvalue weighted by atomic mass is 35.5. The van der Waals surface area contributed by atoms with E-state index in [-0.39, 0.29) is 12.4 Å². The molecule has 1 atom stereocenters. The lowest BCUT2D eigenvalue weighted by molar-refractivity contribution is 0.252. The topological polar surface area (TPSA) is 29.3 Å². The minimum atomic E-state index is 0. The van der Waals surface area contributed by atoms with Crippen LogP contribution in [0.1, 0.15) is 17.7 Å². The summed E-state index contributed by atoms with van der Waals surface area (Å²) in [5.74, 6) is 0. The first kappa shape index (κ1) is 13.3. The highest BCUT2D eigenvalue weighted by Gasteiger charge is 2.23. The molecule has 0 aromatic carbocycles. The molecule has 2 N–H and O–H groups in total. The first-order valence-corrected chi connectivity index (χ1v) is 6.17. The minimum absolute atomic E-state index is 0. The lowest BCUT2D eigenvalue weighted by atomic mass is 10.2. The smallest absolute Gasteiger partial charge is 0.0931 e. The molecule has 1 aliphatic heterocycles. The lowest BCUT2D eigenvalue weighted by Crippen LogP contribution is -2.34. The molecule has 1 unspecified atom stereocenters. The molecule has 0 amide bonds. The van der Waals surface area contributed by atoms with Gasteiger partial charge >= 0.3 is 0 Å². The summed E-state index contributed by atoms with van der Waals surface area (Å²) in [7, 11) is 0. The number of hydrogen-bond acceptors (Lipinski definition) is 3. The molecule has 0 radical (unpaired) electrons. The summed E-state index contributed by atoms with van der Waals surface area (Å²) in [6, 6.07) is 4.66. The van der Waals surface area contributed by atoms with Gasteiger partial charge in [-0.25, -0.2) is 0 Å². The van der Waals surface area contributed by atoms with E-state index in [0.29, 0.717) is 6.04 Å². The number of thiophene rings is 1. The van der Waals surface area contributed by atoms with Crippen molar-refractivity contribution < 1.29 is 0 Å². The number of nitrogens with two attached hydrogens (primary N) is 1. The molecule has 0 aliphatic carbocycles. The zero-order valence-corrected chi connectivity index (χ0v) is 10.9. The predicted octanol–water partition coefficient (Wildman–Crippen LogP) is 2.75. The third kappa shape index (κ3) is 3.33. The Hall–Kier alpha value is 0.200. The van der Waals surface area contributed by atoms with Crippen molar-refractivity contribution >= 4 is 35.3 Å². The lowest BCUT2D eigenvalue weighted by Gasteiger charge is -2.22. The highest BCUT2D eigenvalue weighted by molar-refractivity contribution is 7.16. The Morgan fingerprint density at radius 3 is 2.93 bits per heavy atom. The Labute approximate surface area is 106 Å². The van der Waals surface area contributed by atoms with Crippen LogP contribution in [0.2, 0.25) is 4.34 Å². The van der Waals surface area contributed by atoms with Crippen LogP contribution in [-0.4, -0.2) is 24.0 Å². The zero-order valence-electron chi connectivity index (χ0n) is 8.49. The van der Waals surface area contributed by atoms with Crippen LogP contribution in [0, 0.1) is 0 Å². The Morgan fingerprint density at radius 2 is 2.33 bits per heavy atom. The van der Waals surface area contributed by atoms with Crippen molar-refractivity contribution in [2.75, 3.05) is 13.1 Å². The molecule has 5 heteroatoms. The van der Waals surface area contributed by atoms with Gasteiger partial charge in [0.05, 0.1) is 4.34 Å². The van der Waals surface area contributed by atoms with Crippen LogP contribution in [0.5, 0.6) is 0 Å². The fourth-order valence-corrected chi connectivity index (χ4v) is 3.12. The number of rotatable bonds is 3. The van der Waals surface area contributed by atoms with E-state index < -0.39 is 0 Å². The number of halogens is 2. The summed E-state index contributed by atoms with van der Waals surface area (Å²) in [4.78, 5) is 3.80. The third-order valence-corrected chi connectivity index (χ3v) is 3.97. The molecule has 1 fully saturated rings. The maximum atomic E-state index is 5.89. The van der Waals surface area contributed by atoms with Crippen molar-refractivity contribution in [3.8, 4) is 0 Å². The van der Waals surface area contributed by atoms with E-state index in [1.807, 2.05) is 6.07 Å². The van der Waals surface area contributed by atoms with Gasteiger partial charge in [-0.2, -0.15) is 0 Å². The molecule has 2 nitrogen and oxygen atoms in total. The fourth-order valence-electron chi connectivity index (χ4n) is 2.01. The van der Waals surface area contributed by atoms with E-state index in [0.717, 1.165) is 17.4 Å². The number of likely N-dealkylation sites (tertiary alicyclic amines) is 1. The van der Waals surface area contributed by atoms with Gasteiger partial charge in [0.15, 0.2) is 0 Å². The van der Waals surface area contributed by atoms with Gasteiger partial charge in [-0.1, -0.05) is 11.6 Å². The molecular weight excluding hydrogens is 251 g/mol. The Balaban J connectivity index is 0.00000112. The van der Waals surface area contributed by atoms with Crippen molar-refractivity contribution in [2.24, 2.45) is 5.73 Å². The van der Waals surface area contributed by atoms with Gasteiger partial charge in [0, 0.05) is 24.0 Å². The van der Waals surface area contributed by atoms with Gasteiger partial charge < -0.3 is 5.73 Å². The molecule has 1 saturated heterocycles. The quantitative estimate of drug-likeness (QED) is 0.912. The van der Waals surface area contributed by atoms with E-state index in [1.54, 1.807) is 11.3 Å². The van der Waals surface area contributed by atoms with Crippen molar-refractivity contribution in [1.29, 1.82) is 0 Å². The van der Waals surface area contributed by atoms with Crippen molar-refractivity contribution in [3.63, 3.8) is 0 Å². The first-order chi connectivity index (χ1) is 6.79. The van der Waals surface area contributed by atoms with Crippen molar-refractivity contribution in [3.05, 3.63) is 21.3 Å². The molecule has 15 heavy (non-hydrogen) atoms. The molecule has 86 valence electrons. The summed E-state index contributed by atoms with van der Waals surface area (Å²) in [6.07, 6.45) is 2.52. The highest BCUT2D eigenvalue weighted by Crippen LogP contribution is 2.25. The largest absolute Gasteiger partial charge is 0.329 e. The van der Waals surface area contributed by atoms with Crippen molar-refractivity contribution in [2.45, 2.75) is 25.4 Å². The average Bonchev–Trinajstić information content (AvgIpc) is 2.76. The number of nitrogens with zero attached hydrogens (tertiary/aromatic N) is 1. The van der Waals surface area contributed by atoms with Gasteiger partial charge in [-0.3, -0.25) is 4.90 Å². The molecule has 1 aliphatic rings. The molecule has 0 bridgehead atoms. The normalized spacial score (nSPS) is 21.6. The summed E-state index contributed by atoms with van der Waals surface area (Å²) >= 11 is 7.56. The molecular formula is C10H16Cl2N2S. The van der Waals surface area contributed by atoms with Crippen LogP contribution in [0.3, 0.4) is 0 Å². The van der Waals surface area contributed by atoms with Gasteiger partial charge in [0.25, 0.3) is 0 Å². The van der Waals surface area contributed by atoms with Crippen LogP contribution >= 0.6 is 35.3 Å². The van der Waals surface area contributed by atoms with E-state index in [4.69, 9.17) is 17.3 Å². The summed E-state index contributed by atoms with van der Waals surface area (Å²) in [5, 5.41) is 0. The summed E-state index contributed by atoms with van der Waals surface area (Å²) < 4.78 is 0.878. The van der Waals surface area contributed by atoms with Gasteiger partial charge in [0.2, 0.25) is 0 Å². The van der Waals surface area contributed by atoms with Crippen LogP contribution in [-0.2, 0) is 6.54 Å². The number of hydrogen-bond donors (Lipinski definition) is 1. The van der Waals surface area contributed by atoms with E-state index in [2.05, 4.69) is 11.0 Å². The molecule has 0 saturated carbocycles. The average molecular weight is 267 g/mol. The third-order valence-electron chi connectivity index (χ3n) is 2.76. The Kier molecular flexibility index (Phi) is 5.36. The van der Waals surface area contributed by atoms with Crippen LogP contribution in [0.15, 0.2) is 12.1 Å². The molecule has 1 aromatic rings. The van der Waals surface area contributed by atoms with Crippen LogP contribution in [0.25, 0.3) is 0 Å². The molecule has 2 rings (SSSR count). The van der Waals surface area contributed by atoms with Gasteiger partial charge in [-0.05, 0) is 31.5 Å². The van der Waals surface area contributed by atoms with E-state index in [1.165, 1.54) is 24.3 Å². The van der Waals surface area contributed by atoms with E-state index >= 15 is 0 Å². The first-order valence-electron chi connectivity index (χ1n) is 4.98. The van der Waals surface area contributed by atoms with Crippen LogP contribution < -0.4 is 5.73 Å². The summed E-state index contributed by atoms with van der Waals surface area (Å²) in [5.41, 5.74) is 5.72. The van der Waals surface area contributed by atoms with E-state index in [9.17, 15) is 0 Å². The molecule has 2 heterocycles. The van der Waals surface area contributed by atoms with Gasteiger partial charge in [0.1, 0.15) is 0 Å². The zero-order chi connectivity index (χ0) is 9.97. The second-order valence-electron chi connectivity index (χ2n) is 3.71. The fraction of sp³-hybridized carbons (Fsp3) is 0.600. The van der Waals surface area contributed by atoms with Crippen molar-refractivity contribution in [1.82, 2.24) is 4.90 Å². The molecule has 1 aromatic heterocycles. The van der Waals surface area contributed by atoms with Crippen LogP contribution in [0.4, 0.5) is 0 Å². The maximum absolute atomic E-state index is 5.89. The van der Waals surface area contributed by atoms with Gasteiger partial charge in [-0.15, -0.1) is 23.7 Å². The standard InChI is InChI=1S/C10H15ClN2S.ClH/c11-10-4-3-9(14-10)7-13-5-1-2-8(13)6-12;/h3-4,8H,1-2,5-7,12H2;1H. The predicted molar refractivity (Wildman–Crippen MR) is 69.1 cm³/mol. The second-order valence-corrected chi connectivity index (χ2v) is 5.51. The second kappa shape index (κ2) is 6.06. The summed E-state index contributed by atoms with van der Waals surface area (Å²) in [6.45, 7) is 2.97. The Morgan fingerprint density at radius 1 is 1.53 bits per heavy atom. The molecule has 0 spiro atoms. The Bertz CT molecular complexity index is 303. The monoisotopic (exact) mass is 266 g/mol. The SMILES string of the molecule is Cl.NCC1CCCN1Cc1ccc(Cl)s1. The maximum Gasteiger partial charge on any atom is 0.0931 e. The minimum Gasteiger partial charge on any atom is -0.329 e.